The Bertz CT molecular complexity index is 679. The fourth-order valence-electron chi connectivity index (χ4n) is 4.79. The molecule has 1 heterocycles. The van der Waals surface area contributed by atoms with Gasteiger partial charge in [0.15, 0.2) is 0 Å². The molecule has 1 aliphatic heterocycles. The van der Waals surface area contributed by atoms with E-state index in [2.05, 4.69) is 6.07 Å². The molecule has 1 aromatic rings. The summed E-state index contributed by atoms with van der Waals surface area (Å²) < 4.78 is 0. The van der Waals surface area contributed by atoms with Crippen LogP contribution in [0.15, 0.2) is 24.3 Å². The number of carboxylic acids is 1. The molecule has 1 aromatic carbocycles. The molecular weight excluding hydrogens is 290 g/mol. The van der Waals surface area contributed by atoms with E-state index in [-0.39, 0.29) is 17.2 Å². The summed E-state index contributed by atoms with van der Waals surface area (Å²) >= 11 is 0. The fourth-order valence-corrected chi connectivity index (χ4v) is 4.79. The highest BCUT2D eigenvalue weighted by Crippen LogP contribution is 2.54. The number of carbonyl (C=O) groups is 2. The molecule has 0 bridgehead atoms. The molecule has 0 spiro atoms. The quantitative estimate of drug-likeness (QED) is 0.933. The highest BCUT2D eigenvalue weighted by Gasteiger charge is 2.60. The Balaban J connectivity index is 1.60. The van der Waals surface area contributed by atoms with Crippen LogP contribution < -0.4 is 0 Å². The van der Waals surface area contributed by atoms with Gasteiger partial charge in [-0.15, -0.1) is 0 Å². The lowest BCUT2D eigenvalue weighted by molar-refractivity contribution is -0.149. The van der Waals surface area contributed by atoms with Gasteiger partial charge in [0.05, 0.1) is 10.8 Å². The monoisotopic (exact) mass is 313 g/mol. The highest BCUT2D eigenvalue weighted by atomic mass is 16.4. The van der Waals surface area contributed by atoms with Crippen LogP contribution in [-0.4, -0.2) is 35.0 Å². The molecule has 4 rings (SSSR count). The fraction of sp³-hybridized carbons (Fsp3) is 0.579. The van der Waals surface area contributed by atoms with Crippen LogP contribution in [0.4, 0.5) is 0 Å². The molecule has 1 saturated heterocycles. The molecule has 0 radical (unpaired) electrons. The SMILES string of the molecule is Cc1cccc(C2(C(=O)N3C[C@@H]4CCC[C@@]4(C(=O)O)C3)CC2)c1. The number of hydrogen-bond donors (Lipinski definition) is 1. The van der Waals surface area contributed by atoms with Gasteiger partial charge >= 0.3 is 5.97 Å². The number of rotatable bonds is 3. The Hall–Kier alpha value is -1.84. The number of hydrogen-bond acceptors (Lipinski definition) is 2. The molecule has 2 aliphatic carbocycles. The first-order valence-electron chi connectivity index (χ1n) is 8.58. The second-order valence-corrected chi connectivity index (χ2v) is 7.69. The Labute approximate surface area is 136 Å². The first-order valence-corrected chi connectivity index (χ1v) is 8.58. The van der Waals surface area contributed by atoms with Crippen molar-refractivity contribution in [2.24, 2.45) is 11.3 Å². The van der Waals surface area contributed by atoms with Gasteiger partial charge in [-0.2, -0.15) is 0 Å². The molecular formula is C19H23NO3. The van der Waals surface area contributed by atoms with Crippen molar-refractivity contribution in [3.63, 3.8) is 0 Å². The Kier molecular flexibility index (Phi) is 3.09. The van der Waals surface area contributed by atoms with Crippen LogP contribution in [0.3, 0.4) is 0 Å². The topological polar surface area (TPSA) is 57.6 Å². The number of carbonyl (C=O) groups excluding carboxylic acids is 1. The number of likely N-dealkylation sites (tertiary alicyclic amines) is 1. The lowest BCUT2D eigenvalue weighted by Crippen LogP contribution is -2.41. The summed E-state index contributed by atoms with van der Waals surface area (Å²) in [6.07, 6.45) is 4.40. The van der Waals surface area contributed by atoms with E-state index in [1.165, 1.54) is 5.56 Å². The first-order chi connectivity index (χ1) is 11.0. The van der Waals surface area contributed by atoms with Gasteiger partial charge in [0, 0.05) is 13.1 Å². The summed E-state index contributed by atoms with van der Waals surface area (Å²) in [7, 11) is 0. The third kappa shape index (κ3) is 2.03. The van der Waals surface area contributed by atoms with Gasteiger partial charge in [-0.05, 0) is 44.1 Å². The first kappa shape index (κ1) is 14.7. The maximum absolute atomic E-state index is 13.2. The molecule has 0 unspecified atom stereocenters. The zero-order valence-electron chi connectivity index (χ0n) is 13.5. The summed E-state index contributed by atoms with van der Waals surface area (Å²) in [6.45, 7) is 3.07. The van der Waals surface area contributed by atoms with Crippen LogP contribution >= 0.6 is 0 Å². The Morgan fingerprint density at radius 1 is 1.26 bits per heavy atom. The van der Waals surface area contributed by atoms with Crippen molar-refractivity contribution in [1.29, 1.82) is 0 Å². The van der Waals surface area contributed by atoms with Gasteiger partial charge in [0.1, 0.15) is 0 Å². The van der Waals surface area contributed by atoms with E-state index in [0.717, 1.165) is 31.2 Å². The minimum absolute atomic E-state index is 0.136. The number of nitrogens with zero attached hydrogens (tertiary/aromatic N) is 1. The number of carboxylic acid groups (broad SMARTS) is 1. The normalized spacial score (nSPS) is 31.0. The van der Waals surface area contributed by atoms with E-state index in [1.807, 2.05) is 30.0 Å². The summed E-state index contributed by atoms with van der Waals surface area (Å²) in [5.41, 5.74) is 1.20. The van der Waals surface area contributed by atoms with Crippen molar-refractivity contribution in [3.8, 4) is 0 Å². The summed E-state index contributed by atoms with van der Waals surface area (Å²) in [6, 6.07) is 8.20. The highest BCUT2D eigenvalue weighted by molar-refractivity contribution is 5.92. The summed E-state index contributed by atoms with van der Waals surface area (Å²) in [5, 5.41) is 9.71. The van der Waals surface area contributed by atoms with E-state index in [0.29, 0.717) is 19.5 Å². The predicted molar refractivity (Wildman–Crippen MR) is 86.1 cm³/mol. The predicted octanol–water partition coefficient (Wildman–Crippen LogP) is 2.74. The zero-order valence-corrected chi connectivity index (χ0v) is 13.5. The van der Waals surface area contributed by atoms with E-state index in [1.54, 1.807) is 0 Å². The molecule has 1 amide bonds. The van der Waals surface area contributed by atoms with Gasteiger partial charge in [-0.25, -0.2) is 0 Å². The van der Waals surface area contributed by atoms with E-state index in [4.69, 9.17) is 0 Å². The molecule has 2 atom stereocenters. The lowest BCUT2D eigenvalue weighted by Gasteiger charge is -2.26. The third-order valence-corrected chi connectivity index (χ3v) is 6.31. The summed E-state index contributed by atoms with van der Waals surface area (Å²) in [4.78, 5) is 26.8. The molecule has 0 aromatic heterocycles. The largest absolute Gasteiger partial charge is 0.481 e. The van der Waals surface area contributed by atoms with E-state index < -0.39 is 11.4 Å². The summed E-state index contributed by atoms with van der Waals surface area (Å²) in [5.74, 6) is -0.425. The molecule has 23 heavy (non-hydrogen) atoms. The number of fused-ring (bicyclic) bond motifs is 1. The Morgan fingerprint density at radius 3 is 2.65 bits per heavy atom. The van der Waals surface area contributed by atoms with Crippen molar-refractivity contribution in [1.82, 2.24) is 4.90 Å². The number of aliphatic carboxylic acids is 1. The van der Waals surface area contributed by atoms with Crippen LogP contribution in [0.1, 0.15) is 43.2 Å². The molecule has 2 saturated carbocycles. The molecule has 1 N–H and O–H groups in total. The molecule has 4 nitrogen and oxygen atoms in total. The second kappa shape index (κ2) is 4.83. The average molecular weight is 313 g/mol. The number of aryl methyl sites for hydroxylation is 1. The van der Waals surface area contributed by atoms with Crippen LogP contribution in [0.25, 0.3) is 0 Å². The minimum atomic E-state index is -0.712. The van der Waals surface area contributed by atoms with E-state index in [9.17, 15) is 14.7 Å². The number of benzene rings is 1. The second-order valence-electron chi connectivity index (χ2n) is 7.69. The van der Waals surface area contributed by atoms with Crippen molar-refractivity contribution < 1.29 is 14.7 Å². The Morgan fingerprint density at radius 2 is 2.04 bits per heavy atom. The van der Waals surface area contributed by atoms with Gasteiger partial charge in [0.25, 0.3) is 0 Å². The lowest BCUT2D eigenvalue weighted by atomic mass is 9.81. The molecule has 3 aliphatic rings. The van der Waals surface area contributed by atoms with Gasteiger partial charge in [-0.3, -0.25) is 9.59 Å². The van der Waals surface area contributed by atoms with Gasteiger partial charge < -0.3 is 10.0 Å². The molecule has 3 fully saturated rings. The van der Waals surface area contributed by atoms with Crippen molar-refractivity contribution in [3.05, 3.63) is 35.4 Å². The van der Waals surface area contributed by atoms with E-state index >= 15 is 0 Å². The van der Waals surface area contributed by atoms with Crippen LogP contribution in [0.5, 0.6) is 0 Å². The van der Waals surface area contributed by atoms with Crippen molar-refractivity contribution in [2.75, 3.05) is 13.1 Å². The molecule has 4 heteroatoms. The van der Waals surface area contributed by atoms with Crippen molar-refractivity contribution >= 4 is 11.9 Å². The maximum Gasteiger partial charge on any atom is 0.311 e. The maximum atomic E-state index is 13.2. The average Bonchev–Trinajstić information content (AvgIpc) is 3.09. The van der Waals surface area contributed by atoms with Gasteiger partial charge in [0.2, 0.25) is 5.91 Å². The zero-order chi connectivity index (χ0) is 16.2. The molecule has 122 valence electrons. The number of amides is 1. The van der Waals surface area contributed by atoms with Crippen LogP contribution in [-0.2, 0) is 15.0 Å². The van der Waals surface area contributed by atoms with Crippen LogP contribution in [0, 0.1) is 18.3 Å². The van der Waals surface area contributed by atoms with Gasteiger partial charge in [-0.1, -0.05) is 36.2 Å². The standard InChI is InChI=1S/C19H23NO3/c1-13-4-2-5-14(10-13)18(8-9-18)16(21)20-11-15-6-3-7-19(15,12-20)17(22)23/h2,4-5,10,15H,3,6-9,11-12H2,1H3,(H,22,23)/t15-,19+/m0/s1. The third-order valence-electron chi connectivity index (χ3n) is 6.31. The van der Waals surface area contributed by atoms with Crippen molar-refractivity contribution in [2.45, 2.75) is 44.4 Å². The smallest absolute Gasteiger partial charge is 0.311 e. The van der Waals surface area contributed by atoms with Crippen LogP contribution in [0.2, 0.25) is 0 Å². The minimum Gasteiger partial charge on any atom is -0.481 e.